The molecule has 0 aromatic heterocycles. The van der Waals surface area contributed by atoms with Gasteiger partial charge in [-0.3, -0.25) is 0 Å². The van der Waals surface area contributed by atoms with E-state index in [2.05, 4.69) is 0 Å². The molecule has 7 heteroatoms. The molecule has 0 unspecified atom stereocenters. The number of methoxy groups -OCH3 is 1. The van der Waals surface area contributed by atoms with Gasteiger partial charge in [0, 0.05) is 17.4 Å². The number of alkyl halides is 2. The lowest BCUT2D eigenvalue weighted by Gasteiger charge is -2.12. The third kappa shape index (κ3) is 1.78. The Morgan fingerprint density at radius 1 is 1.28 bits per heavy atom. The maximum absolute atomic E-state index is 13.8. The molecular formula is C11H12F2O4S. The summed E-state index contributed by atoms with van der Waals surface area (Å²) in [5.41, 5.74) is -0.461. The number of ether oxygens (including phenoxy) is 1. The van der Waals surface area contributed by atoms with Crippen LogP contribution in [0.1, 0.15) is 23.4 Å². The van der Waals surface area contributed by atoms with Gasteiger partial charge in [0.1, 0.15) is 11.9 Å². The van der Waals surface area contributed by atoms with Crippen molar-refractivity contribution in [3.8, 4) is 5.75 Å². The van der Waals surface area contributed by atoms with Crippen LogP contribution in [0.2, 0.25) is 0 Å². The number of aliphatic hydroxyl groups is 1. The third-order valence-electron chi connectivity index (χ3n) is 2.98. The fourth-order valence-electron chi connectivity index (χ4n) is 2.17. The lowest BCUT2D eigenvalue weighted by Crippen LogP contribution is -2.11. The number of sulfone groups is 1. The van der Waals surface area contributed by atoms with Crippen LogP contribution in [0.5, 0.6) is 5.75 Å². The first kappa shape index (κ1) is 13.2. The highest BCUT2D eigenvalue weighted by molar-refractivity contribution is 7.90. The van der Waals surface area contributed by atoms with Crippen LogP contribution in [0, 0.1) is 0 Å². The molecule has 2 rings (SSSR count). The summed E-state index contributed by atoms with van der Waals surface area (Å²) in [7, 11) is -2.42. The summed E-state index contributed by atoms with van der Waals surface area (Å²) in [4.78, 5) is -0.270. The second-order valence-electron chi connectivity index (χ2n) is 4.16. The van der Waals surface area contributed by atoms with Crippen LogP contribution >= 0.6 is 0 Å². The SMILES string of the molecule is COc1ccc(S(C)(=O)=O)c2c1[C@@H](F)[C@@H](F)[C@H]2O. The van der Waals surface area contributed by atoms with Gasteiger partial charge in [-0.05, 0) is 12.1 Å². The Kier molecular flexibility index (Phi) is 3.06. The van der Waals surface area contributed by atoms with Crippen LogP contribution in [0.25, 0.3) is 0 Å². The summed E-state index contributed by atoms with van der Waals surface area (Å²) in [6.45, 7) is 0. The Bertz CT molecular complexity index is 585. The minimum Gasteiger partial charge on any atom is -0.496 e. The molecule has 0 bridgehead atoms. The molecule has 0 fully saturated rings. The van der Waals surface area contributed by atoms with Crippen molar-refractivity contribution in [3.63, 3.8) is 0 Å². The number of hydrogen-bond donors (Lipinski definition) is 1. The summed E-state index contributed by atoms with van der Waals surface area (Å²) < 4.78 is 55.3. The average Bonchev–Trinajstić information content (AvgIpc) is 2.53. The van der Waals surface area contributed by atoms with Crippen LogP contribution in [0.15, 0.2) is 17.0 Å². The van der Waals surface area contributed by atoms with Crippen LogP contribution in [0.4, 0.5) is 8.78 Å². The average molecular weight is 278 g/mol. The molecule has 0 heterocycles. The zero-order chi connectivity index (χ0) is 13.7. The Morgan fingerprint density at radius 3 is 2.39 bits per heavy atom. The van der Waals surface area contributed by atoms with Crippen molar-refractivity contribution in [1.29, 1.82) is 0 Å². The molecule has 3 atom stereocenters. The van der Waals surface area contributed by atoms with Crippen molar-refractivity contribution in [2.24, 2.45) is 0 Å². The molecule has 0 saturated heterocycles. The van der Waals surface area contributed by atoms with Crippen LogP contribution in [-0.4, -0.2) is 33.1 Å². The van der Waals surface area contributed by atoms with Gasteiger partial charge in [0.15, 0.2) is 22.2 Å². The van der Waals surface area contributed by atoms with Crippen molar-refractivity contribution in [3.05, 3.63) is 23.3 Å². The Balaban J connectivity index is 2.80. The summed E-state index contributed by atoms with van der Waals surface area (Å²) >= 11 is 0. The summed E-state index contributed by atoms with van der Waals surface area (Å²) in [5.74, 6) is 0.0316. The summed E-state index contributed by atoms with van der Waals surface area (Å²) in [6, 6.07) is 2.44. The molecule has 1 aliphatic rings. The van der Waals surface area contributed by atoms with Crippen molar-refractivity contribution in [1.82, 2.24) is 0 Å². The van der Waals surface area contributed by atoms with E-state index in [1.54, 1.807) is 0 Å². The first-order valence-corrected chi connectivity index (χ1v) is 7.05. The molecule has 0 amide bonds. The molecule has 1 N–H and O–H groups in total. The maximum Gasteiger partial charge on any atom is 0.175 e. The highest BCUT2D eigenvalue weighted by Gasteiger charge is 2.45. The minimum absolute atomic E-state index is 0.0316. The topological polar surface area (TPSA) is 63.6 Å². The second-order valence-corrected chi connectivity index (χ2v) is 6.14. The monoisotopic (exact) mass is 278 g/mol. The van der Waals surface area contributed by atoms with E-state index < -0.39 is 28.3 Å². The van der Waals surface area contributed by atoms with Gasteiger partial charge in [-0.1, -0.05) is 0 Å². The maximum atomic E-state index is 13.8. The number of hydrogen-bond acceptors (Lipinski definition) is 4. The fourth-order valence-corrected chi connectivity index (χ4v) is 3.11. The van der Waals surface area contributed by atoms with Gasteiger partial charge < -0.3 is 9.84 Å². The van der Waals surface area contributed by atoms with Crippen molar-refractivity contribution >= 4 is 9.84 Å². The van der Waals surface area contributed by atoms with Gasteiger partial charge in [-0.25, -0.2) is 17.2 Å². The highest BCUT2D eigenvalue weighted by atomic mass is 32.2. The van der Waals surface area contributed by atoms with Crippen molar-refractivity contribution in [2.75, 3.05) is 13.4 Å². The zero-order valence-electron chi connectivity index (χ0n) is 9.72. The predicted octanol–water partition coefficient (Wildman–Crippen LogP) is 1.49. The Labute approximate surface area is 103 Å². The van der Waals surface area contributed by atoms with Gasteiger partial charge in [-0.2, -0.15) is 0 Å². The summed E-state index contributed by atoms with van der Waals surface area (Å²) in [6.07, 6.45) is -5.15. The second kappa shape index (κ2) is 4.17. The molecule has 1 aromatic rings. The minimum atomic E-state index is -3.68. The third-order valence-corrected chi connectivity index (χ3v) is 4.13. The van der Waals surface area contributed by atoms with E-state index in [4.69, 9.17) is 4.74 Å². The van der Waals surface area contributed by atoms with E-state index in [0.717, 1.165) is 6.26 Å². The summed E-state index contributed by atoms with van der Waals surface area (Å²) in [5, 5.41) is 9.65. The molecule has 100 valence electrons. The number of rotatable bonds is 2. The van der Waals surface area contributed by atoms with Gasteiger partial charge in [0.25, 0.3) is 0 Å². The van der Waals surface area contributed by atoms with Gasteiger partial charge in [-0.15, -0.1) is 0 Å². The molecule has 0 spiro atoms. The van der Waals surface area contributed by atoms with Gasteiger partial charge in [0.2, 0.25) is 0 Å². The molecule has 1 aromatic carbocycles. The normalized spacial score (nSPS) is 27.1. The fraction of sp³-hybridized carbons (Fsp3) is 0.455. The number of fused-ring (bicyclic) bond motifs is 1. The van der Waals surface area contributed by atoms with E-state index in [1.165, 1.54) is 19.2 Å². The molecule has 18 heavy (non-hydrogen) atoms. The lowest BCUT2D eigenvalue weighted by molar-refractivity contribution is 0.0454. The van der Waals surface area contributed by atoms with E-state index in [9.17, 15) is 22.3 Å². The molecular weight excluding hydrogens is 266 g/mol. The number of halogens is 2. The van der Waals surface area contributed by atoms with E-state index in [1.807, 2.05) is 0 Å². The molecule has 1 aliphatic carbocycles. The first-order chi connectivity index (χ1) is 8.29. The predicted molar refractivity (Wildman–Crippen MR) is 59.8 cm³/mol. The Morgan fingerprint density at radius 2 is 1.89 bits per heavy atom. The van der Waals surface area contributed by atoms with Crippen LogP contribution in [0.3, 0.4) is 0 Å². The first-order valence-electron chi connectivity index (χ1n) is 5.16. The Hall–Kier alpha value is -1.21. The quantitative estimate of drug-likeness (QED) is 0.890. The molecule has 0 saturated carbocycles. The molecule has 4 nitrogen and oxygen atoms in total. The van der Waals surface area contributed by atoms with Crippen LogP contribution < -0.4 is 4.74 Å². The van der Waals surface area contributed by atoms with E-state index in [-0.39, 0.29) is 21.8 Å². The zero-order valence-corrected chi connectivity index (χ0v) is 10.5. The van der Waals surface area contributed by atoms with E-state index in [0.29, 0.717) is 0 Å². The number of aliphatic hydroxyl groups excluding tert-OH is 1. The van der Waals surface area contributed by atoms with E-state index >= 15 is 0 Å². The molecule has 0 radical (unpaired) electrons. The van der Waals surface area contributed by atoms with Gasteiger partial charge in [0.05, 0.1) is 12.0 Å². The number of benzene rings is 1. The standard InChI is InChI=1S/C11H12F2O4S/c1-17-5-3-4-6(18(2,15)16)8-7(5)9(12)10(13)11(8)14/h3-4,9-11,14H,1-2H3/t9-,10-,11+/m1/s1. The van der Waals surface area contributed by atoms with Gasteiger partial charge >= 0.3 is 0 Å². The largest absolute Gasteiger partial charge is 0.496 e. The molecule has 0 aliphatic heterocycles. The van der Waals surface area contributed by atoms with Crippen molar-refractivity contribution < 1.29 is 27.0 Å². The van der Waals surface area contributed by atoms with Crippen LogP contribution in [-0.2, 0) is 9.84 Å². The highest BCUT2D eigenvalue weighted by Crippen LogP contribution is 2.49. The lowest BCUT2D eigenvalue weighted by atomic mass is 10.1. The smallest absolute Gasteiger partial charge is 0.175 e. The van der Waals surface area contributed by atoms with Crippen molar-refractivity contribution in [2.45, 2.75) is 23.3 Å².